The van der Waals surface area contributed by atoms with Crippen LogP contribution in [0.25, 0.3) is 0 Å². The van der Waals surface area contributed by atoms with Crippen LogP contribution in [0.3, 0.4) is 0 Å². The minimum atomic E-state index is -4.46. The summed E-state index contributed by atoms with van der Waals surface area (Å²) in [6.45, 7) is 0.190. The standard InChI is InChI=1S/C27H20BrF3N4O4S/c28-20-8-9-23(39-14-16-4-6-17(7-5-16)25(37)38)18(10-20)13-32-35-24(36)12-22-15-40-26(34-22)33-21-3-1-2-19(11-21)27(29,30)31/h1-11,13,15H,12,14H2,(H,33,34)(H,35,36)(H,37,38)/b32-13-. The Bertz CT molecular complexity index is 1540. The molecule has 0 atom stereocenters. The van der Waals surface area contributed by atoms with Crippen molar-refractivity contribution >= 4 is 56.2 Å². The molecule has 3 aromatic carbocycles. The molecule has 8 nitrogen and oxygen atoms in total. The Hall–Kier alpha value is -4.23. The minimum absolute atomic E-state index is 0.0910. The van der Waals surface area contributed by atoms with Crippen LogP contribution in [-0.2, 0) is 24.0 Å². The van der Waals surface area contributed by atoms with Crippen molar-refractivity contribution in [1.29, 1.82) is 0 Å². The van der Waals surface area contributed by atoms with Crippen molar-refractivity contribution in [3.05, 3.63) is 105 Å². The Labute approximate surface area is 238 Å². The lowest BCUT2D eigenvalue weighted by Gasteiger charge is -2.10. The van der Waals surface area contributed by atoms with E-state index in [-0.39, 0.29) is 24.3 Å². The van der Waals surface area contributed by atoms with E-state index in [1.807, 2.05) is 0 Å². The second-order valence-corrected chi connectivity index (χ2v) is 10.1. The summed E-state index contributed by atoms with van der Waals surface area (Å²) >= 11 is 4.55. The number of hydrogen-bond donors (Lipinski definition) is 3. The number of carbonyl (C=O) groups is 2. The summed E-state index contributed by atoms with van der Waals surface area (Å²) in [6, 6.07) is 16.3. The molecule has 13 heteroatoms. The third-order valence-electron chi connectivity index (χ3n) is 5.29. The third-order valence-corrected chi connectivity index (χ3v) is 6.59. The number of thiazole rings is 1. The fourth-order valence-corrected chi connectivity index (χ4v) is 4.49. The summed E-state index contributed by atoms with van der Waals surface area (Å²) in [5.74, 6) is -0.959. The Morgan fingerprint density at radius 1 is 1.10 bits per heavy atom. The van der Waals surface area contributed by atoms with Gasteiger partial charge in [0.15, 0.2) is 5.13 Å². The summed E-state index contributed by atoms with van der Waals surface area (Å²) < 4.78 is 45.4. The Morgan fingerprint density at radius 2 is 1.88 bits per heavy atom. The number of anilines is 2. The lowest BCUT2D eigenvalue weighted by atomic mass is 10.1. The highest BCUT2D eigenvalue weighted by molar-refractivity contribution is 9.10. The topological polar surface area (TPSA) is 113 Å². The zero-order valence-electron chi connectivity index (χ0n) is 20.4. The van der Waals surface area contributed by atoms with Crippen molar-refractivity contribution in [1.82, 2.24) is 10.4 Å². The maximum Gasteiger partial charge on any atom is 0.416 e. The molecule has 40 heavy (non-hydrogen) atoms. The van der Waals surface area contributed by atoms with E-state index in [0.717, 1.165) is 33.5 Å². The maximum atomic E-state index is 12.9. The minimum Gasteiger partial charge on any atom is -0.488 e. The van der Waals surface area contributed by atoms with Crippen LogP contribution < -0.4 is 15.5 Å². The molecule has 0 aliphatic rings. The van der Waals surface area contributed by atoms with Crippen molar-refractivity contribution in [3.8, 4) is 5.75 Å². The normalized spacial score (nSPS) is 11.4. The van der Waals surface area contributed by atoms with Gasteiger partial charge < -0.3 is 15.2 Å². The molecule has 0 aliphatic carbocycles. The molecular weight excluding hydrogens is 613 g/mol. The summed E-state index contributed by atoms with van der Waals surface area (Å²) in [5, 5.41) is 17.8. The number of alkyl halides is 3. The second kappa shape index (κ2) is 12.7. The molecule has 0 radical (unpaired) electrons. The number of halogens is 4. The Balaban J connectivity index is 1.32. The van der Waals surface area contributed by atoms with Crippen molar-refractivity contribution in [2.24, 2.45) is 5.10 Å². The van der Waals surface area contributed by atoms with E-state index in [4.69, 9.17) is 9.84 Å². The Kier molecular flexibility index (Phi) is 9.17. The monoisotopic (exact) mass is 632 g/mol. The zero-order chi connectivity index (χ0) is 28.7. The largest absolute Gasteiger partial charge is 0.488 e. The van der Waals surface area contributed by atoms with Gasteiger partial charge in [-0.25, -0.2) is 15.2 Å². The highest BCUT2D eigenvalue weighted by atomic mass is 79.9. The average Bonchev–Trinajstić information content (AvgIpc) is 3.34. The number of benzene rings is 3. The number of nitrogens with zero attached hydrogens (tertiary/aromatic N) is 2. The van der Waals surface area contributed by atoms with Gasteiger partial charge in [-0.15, -0.1) is 11.3 Å². The van der Waals surface area contributed by atoms with Crippen molar-refractivity contribution in [2.45, 2.75) is 19.2 Å². The van der Waals surface area contributed by atoms with Crippen LogP contribution in [0.4, 0.5) is 24.0 Å². The van der Waals surface area contributed by atoms with Crippen LogP contribution in [0.15, 0.2) is 81.7 Å². The highest BCUT2D eigenvalue weighted by Crippen LogP contribution is 2.32. The van der Waals surface area contributed by atoms with Gasteiger partial charge in [-0.2, -0.15) is 18.3 Å². The van der Waals surface area contributed by atoms with Crippen molar-refractivity contribution < 1.29 is 32.6 Å². The molecular formula is C27H20BrF3N4O4S. The van der Waals surface area contributed by atoms with E-state index in [2.05, 4.69) is 36.8 Å². The number of carboxylic acid groups (broad SMARTS) is 1. The first-order valence-corrected chi connectivity index (χ1v) is 13.2. The summed E-state index contributed by atoms with van der Waals surface area (Å²) in [7, 11) is 0. The molecule has 0 saturated carbocycles. The third kappa shape index (κ3) is 8.13. The fraction of sp³-hybridized carbons (Fsp3) is 0.111. The molecule has 0 aliphatic heterocycles. The quantitative estimate of drug-likeness (QED) is 0.133. The number of hydrogen-bond acceptors (Lipinski definition) is 7. The van der Waals surface area contributed by atoms with Crippen molar-refractivity contribution in [3.63, 3.8) is 0 Å². The van der Waals surface area contributed by atoms with E-state index in [9.17, 15) is 22.8 Å². The van der Waals surface area contributed by atoms with Crippen molar-refractivity contribution in [2.75, 3.05) is 5.32 Å². The summed E-state index contributed by atoms with van der Waals surface area (Å²) in [4.78, 5) is 27.6. The number of hydrazone groups is 1. The summed E-state index contributed by atoms with van der Waals surface area (Å²) in [5.41, 5.74) is 3.83. The number of aromatic carboxylic acids is 1. The van der Waals surface area contributed by atoms with Gasteiger partial charge >= 0.3 is 12.1 Å². The maximum absolute atomic E-state index is 12.9. The molecule has 0 bridgehead atoms. The van der Waals surface area contributed by atoms with E-state index in [1.54, 1.807) is 35.7 Å². The smallest absolute Gasteiger partial charge is 0.416 e. The molecule has 0 spiro atoms. The van der Waals surface area contributed by atoms with Gasteiger partial charge in [-0.1, -0.05) is 34.1 Å². The molecule has 4 rings (SSSR count). The molecule has 0 fully saturated rings. The predicted octanol–water partition coefficient (Wildman–Crippen LogP) is 6.64. The van der Waals surface area contributed by atoms with E-state index in [1.165, 1.54) is 30.5 Å². The molecule has 0 unspecified atom stereocenters. The van der Waals surface area contributed by atoms with Gasteiger partial charge in [0.2, 0.25) is 5.91 Å². The zero-order valence-corrected chi connectivity index (χ0v) is 22.8. The highest BCUT2D eigenvalue weighted by Gasteiger charge is 2.30. The predicted molar refractivity (Wildman–Crippen MR) is 148 cm³/mol. The number of amides is 1. The second-order valence-electron chi connectivity index (χ2n) is 8.29. The molecule has 1 aromatic heterocycles. The lowest BCUT2D eigenvalue weighted by molar-refractivity contribution is -0.137. The van der Waals surface area contributed by atoms with Gasteiger partial charge in [-0.3, -0.25) is 4.79 Å². The van der Waals surface area contributed by atoms with Crippen LogP contribution in [0.1, 0.15) is 32.7 Å². The average molecular weight is 633 g/mol. The number of nitrogens with one attached hydrogen (secondary N) is 2. The van der Waals surface area contributed by atoms with Gasteiger partial charge in [0.25, 0.3) is 0 Å². The van der Waals surface area contributed by atoms with Crippen LogP contribution in [0.2, 0.25) is 0 Å². The first-order valence-electron chi connectivity index (χ1n) is 11.5. The molecule has 4 aromatic rings. The Morgan fingerprint density at radius 3 is 2.60 bits per heavy atom. The summed E-state index contributed by atoms with van der Waals surface area (Å²) in [6.07, 6.45) is -3.12. The number of rotatable bonds is 10. The van der Waals surface area contributed by atoms with E-state index in [0.29, 0.717) is 22.1 Å². The van der Waals surface area contributed by atoms with Crippen LogP contribution in [0.5, 0.6) is 5.75 Å². The van der Waals surface area contributed by atoms with Gasteiger partial charge in [0.1, 0.15) is 12.4 Å². The fourth-order valence-electron chi connectivity index (χ4n) is 3.38. The van der Waals surface area contributed by atoms with Gasteiger partial charge in [0, 0.05) is 21.1 Å². The molecule has 1 heterocycles. The lowest BCUT2D eigenvalue weighted by Crippen LogP contribution is -2.20. The van der Waals surface area contributed by atoms with E-state index >= 15 is 0 Å². The first kappa shape index (κ1) is 28.8. The van der Waals surface area contributed by atoms with Crippen LogP contribution in [0, 0.1) is 0 Å². The van der Waals surface area contributed by atoms with E-state index < -0.39 is 23.6 Å². The number of aromatic nitrogens is 1. The van der Waals surface area contributed by atoms with Crippen LogP contribution in [-0.4, -0.2) is 28.2 Å². The molecule has 0 saturated heterocycles. The first-order chi connectivity index (χ1) is 19.1. The molecule has 1 amide bonds. The molecule has 3 N–H and O–H groups in total. The number of carbonyl (C=O) groups excluding carboxylic acids is 1. The molecule has 206 valence electrons. The van der Waals surface area contributed by atoms with Gasteiger partial charge in [0.05, 0.1) is 29.5 Å². The SMILES string of the molecule is O=C(Cc1csc(Nc2cccc(C(F)(F)F)c2)n1)N/N=C\c1cc(Br)ccc1OCc1ccc(C(=O)O)cc1. The van der Waals surface area contributed by atoms with Gasteiger partial charge in [-0.05, 0) is 54.1 Å². The van der Waals surface area contributed by atoms with Crippen LogP contribution >= 0.6 is 27.3 Å². The number of ether oxygens (including phenoxy) is 1. The number of carboxylic acids is 1.